The van der Waals surface area contributed by atoms with Crippen molar-refractivity contribution >= 4 is 11.8 Å². The van der Waals surface area contributed by atoms with E-state index in [4.69, 9.17) is 5.11 Å². The highest BCUT2D eigenvalue weighted by Crippen LogP contribution is 2.20. The van der Waals surface area contributed by atoms with Crippen LogP contribution < -0.4 is 0 Å². The van der Waals surface area contributed by atoms with Crippen LogP contribution in [0.3, 0.4) is 0 Å². The lowest BCUT2D eigenvalue weighted by molar-refractivity contribution is -0.387. The molecular weight excluding hydrogens is 189 g/mol. The minimum Gasteiger partial charge on any atom is -0.392 e. The summed E-state index contributed by atoms with van der Waals surface area (Å²) in [6.45, 7) is -0.234. The zero-order valence-corrected chi connectivity index (χ0v) is 7.18. The summed E-state index contributed by atoms with van der Waals surface area (Å²) in [5.41, 5.74) is -0.474. The van der Waals surface area contributed by atoms with Crippen molar-refractivity contribution in [3.05, 3.63) is 45.8 Å². The molecule has 0 aromatic heterocycles. The Labute approximate surface area is 79.4 Å². The van der Waals surface area contributed by atoms with Crippen molar-refractivity contribution in [3.63, 3.8) is 0 Å². The van der Waals surface area contributed by atoms with E-state index in [1.54, 1.807) is 0 Å². The monoisotopic (exact) mass is 197 g/mol. The number of rotatable bonds is 3. The largest absolute Gasteiger partial charge is 0.392 e. The maximum Gasteiger partial charge on any atom is 0.305 e. The lowest BCUT2D eigenvalue weighted by Gasteiger charge is -1.97. The zero-order chi connectivity index (χ0) is 10.6. The Morgan fingerprint density at radius 1 is 1.57 bits per heavy atom. The van der Waals surface area contributed by atoms with Gasteiger partial charge in [0.2, 0.25) is 5.82 Å². The molecule has 1 aromatic rings. The lowest BCUT2D eigenvalue weighted by Crippen LogP contribution is -1.94. The number of nitro groups is 1. The van der Waals surface area contributed by atoms with E-state index in [0.29, 0.717) is 0 Å². The summed E-state index contributed by atoms with van der Waals surface area (Å²) in [6.07, 6.45) is 2.60. The molecule has 0 saturated heterocycles. The number of aliphatic hydroxyl groups is 1. The van der Waals surface area contributed by atoms with Crippen LogP contribution in [-0.2, 0) is 0 Å². The van der Waals surface area contributed by atoms with Crippen molar-refractivity contribution in [3.8, 4) is 0 Å². The molecular formula is C9H8FNO3. The molecule has 0 radical (unpaired) electrons. The van der Waals surface area contributed by atoms with Crippen LogP contribution in [0.5, 0.6) is 0 Å². The van der Waals surface area contributed by atoms with E-state index in [1.165, 1.54) is 24.3 Å². The van der Waals surface area contributed by atoms with Crippen molar-refractivity contribution in [2.24, 2.45) is 0 Å². The first-order chi connectivity index (χ1) is 6.66. The van der Waals surface area contributed by atoms with Gasteiger partial charge in [-0.25, -0.2) is 0 Å². The van der Waals surface area contributed by atoms with Crippen LogP contribution in [0.4, 0.5) is 10.1 Å². The highest BCUT2D eigenvalue weighted by Gasteiger charge is 2.15. The van der Waals surface area contributed by atoms with Crippen LogP contribution in [0.1, 0.15) is 5.56 Å². The highest BCUT2D eigenvalue weighted by molar-refractivity contribution is 5.54. The standard InChI is InChI=1S/C9H8FNO3/c10-9-7(4-2-6-12)3-1-5-8(9)11(13)14/h1-5,12H,6H2/b4-2+. The summed E-state index contributed by atoms with van der Waals surface area (Å²) in [7, 11) is 0. The van der Waals surface area contributed by atoms with Crippen LogP contribution in [0.25, 0.3) is 6.08 Å². The Bertz CT molecular complexity index is 376. The van der Waals surface area contributed by atoms with Crippen LogP contribution >= 0.6 is 0 Å². The number of aliphatic hydroxyl groups excluding tert-OH is 1. The Morgan fingerprint density at radius 3 is 2.86 bits per heavy atom. The fourth-order valence-electron chi connectivity index (χ4n) is 0.987. The van der Waals surface area contributed by atoms with E-state index in [9.17, 15) is 14.5 Å². The van der Waals surface area contributed by atoms with E-state index in [2.05, 4.69) is 0 Å². The molecule has 0 fully saturated rings. The summed E-state index contributed by atoms with van der Waals surface area (Å²) in [4.78, 5) is 9.55. The molecule has 1 N–H and O–H groups in total. The molecule has 0 aliphatic rings. The predicted octanol–water partition coefficient (Wildman–Crippen LogP) is 1.74. The molecule has 74 valence electrons. The molecule has 14 heavy (non-hydrogen) atoms. The van der Waals surface area contributed by atoms with Gasteiger partial charge in [-0.2, -0.15) is 4.39 Å². The fourth-order valence-corrected chi connectivity index (χ4v) is 0.987. The molecule has 0 saturated carbocycles. The van der Waals surface area contributed by atoms with Gasteiger partial charge in [0.1, 0.15) is 0 Å². The van der Waals surface area contributed by atoms with Crippen molar-refractivity contribution in [1.29, 1.82) is 0 Å². The number of halogens is 1. The van der Waals surface area contributed by atoms with Crippen LogP contribution in [0, 0.1) is 15.9 Å². The average Bonchev–Trinajstić information content (AvgIpc) is 2.16. The summed E-state index contributed by atoms with van der Waals surface area (Å²) >= 11 is 0. The fraction of sp³-hybridized carbons (Fsp3) is 0.111. The van der Waals surface area contributed by atoms with E-state index in [0.717, 1.165) is 6.07 Å². The molecule has 0 bridgehead atoms. The van der Waals surface area contributed by atoms with Crippen molar-refractivity contribution < 1.29 is 14.4 Å². The predicted molar refractivity (Wildman–Crippen MR) is 49.2 cm³/mol. The second-order valence-corrected chi connectivity index (χ2v) is 2.52. The Kier molecular flexibility index (Phi) is 3.30. The Morgan fingerprint density at radius 2 is 2.29 bits per heavy atom. The van der Waals surface area contributed by atoms with Gasteiger partial charge in [-0.3, -0.25) is 10.1 Å². The van der Waals surface area contributed by atoms with E-state index >= 15 is 0 Å². The molecule has 4 nitrogen and oxygen atoms in total. The summed E-state index contributed by atoms with van der Waals surface area (Å²) < 4.78 is 13.3. The van der Waals surface area contributed by atoms with E-state index < -0.39 is 16.4 Å². The molecule has 0 amide bonds. The van der Waals surface area contributed by atoms with E-state index in [-0.39, 0.29) is 12.2 Å². The third-order valence-electron chi connectivity index (χ3n) is 1.61. The molecule has 0 aliphatic heterocycles. The summed E-state index contributed by atoms with van der Waals surface area (Å²) in [5.74, 6) is -0.887. The number of hydrogen-bond acceptors (Lipinski definition) is 3. The number of benzene rings is 1. The van der Waals surface area contributed by atoms with Crippen molar-refractivity contribution in [1.82, 2.24) is 0 Å². The summed E-state index contributed by atoms with van der Waals surface area (Å²) in [5, 5.41) is 18.8. The zero-order valence-electron chi connectivity index (χ0n) is 7.18. The molecule has 0 spiro atoms. The molecule has 1 aromatic carbocycles. The van der Waals surface area contributed by atoms with Gasteiger partial charge in [0.15, 0.2) is 0 Å². The topological polar surface area (TPSA) is 63.4 Å². The van der Waals surface area contributed by atoms with Gasteiger partial charge in [-0.15, -0.1) is 0 Å². The van der Waals surface area contributed by atoms with Crippen LogP contribution in [0.15, 0.2) is 24.3 Å². The van der Waals surface area contributed by atoms with Gasteiger partial charge in [-0.05, 0) is 0 Å². The Balaban J connectivity index is 3.14. The quantitative estimate of drug-likeness (QED) is 0.592. The van der Waals surface area contributed by atoms with Crippen molar-refractivity contribution in [2.75, 3.05) is 6.61 Å². The molecule has 1 rings (SSSR count). The minimum absolute atomic E-state index is 0.0910. The van der Waals surface area contributed by atoms with Gasteiger partial charge in [0.05, 0.1) is 11.5 Å². The third kappa shape index (κ3) is 2.14. The third-order valence-corrected chi connectivity index (χ3v) is 1.61. The van der Waals surface area contributed by atoms with Crippen molar-refractivity contribution in [2.45, 2.75) is 0 Å². The first kappa shape index (κ1) is 10.3. The maximum atomic E-state index is 13.3. The maximum absolute atomic E-state index is 13.3. The smallest absolute Gasteiger partial charge is 0.305 e. The van der Waals surface area contributed by atoms with Gasteiger partial charge in [-0.1, -0.05) is 24.3 Å². The molecule has 0 heterocycles. The van der Waals surface area contributed by atoms with Gasteiger partial charge < -0.3 is 5.11 Å². The van der Waals surface area contributed by atoms with E-state index in [1.807, 2.05) is 0 Å². The lowest BCUT2D eigenvalue weighted by atomic mass is 10.1. The second-order valence-electron chi connectivity index (χ2n) is 2.52. The van der Waals surface area contributed by atoms with Gasteiger partial charge in [0, 0.05) is 11.6 Å². The minimum atomic E-state index is -0.887. The molecule has 0 aliphatic carbocycles. The SMILES string of the molecule is O=[N+]([O-])c1cccc(/C=C/CO)c1F. The van der Waals surface area contributed by atoms with Crippen LogP contribution in [-0.4, -0.2) is 16.6 Å². The molecule has 5 heteroatoms. The number of nitro benzene ring substituents is 1. The molecule has 0 unspecified atom stereocenters. The highest BCUT2D eigenvalue weighted by atomic mass is 19.1. The average molecular weight is 197 g/mol. The second kappa shape index (κ2) is 4.48. The Hall–Kier alpha value is -1.75. The number of nitrogens with zero attached hydrogens (tertiary/aromatic N) is 1. The first-order valence-electron chi connectivity index (χ1n) is 3.87. The normalized spacial score (nSPS) is 10.7. The van der Waals surface area contributed by atoms with Crippen LogP contribution in [0.2, 0.25) is 0 Å². The summed E-state index contributed by atoms with van der Waals surface area (Å²) in [6, 6.07) is 3.87. The van der Waals surface area contributed by atoms with Gasteiger partial charge >= 0.3 is 5.69 Å². The first-order valence-corrected chi connectivity index (χ1v) is 3.87. The van der Waals surface area contributed by atoms with Gasteiger partial charge in [0.25, 0.3) is 0 Å². The molecule has 0 atom stereocenters. The number of hydrogen-bond donors (Lipinski definition) is 1.